The average molecular weight is 375 g/mol. The molecule has 136 valence electrons. The van der Waals surface area contributed by atoms with Crippen LogP contribution in [0, 0.1) is 5.82 Å². The van der Waals surface area contributed by atoms with E-state index < -0.39 is 23.8 Å². The highest BCUT2D eigenvalue weighted by atomic mass is 19.4. The van der Waals surface area contributed by atoms with Crippen LogP contribution in [0.25, 0.3) is 22.3 Å². The predicted molar refractivity (Wildman–Crippen MR) is 86.4 cm³/mol. The van der Waals surface area contributed by atoms with E-state index >= 15 is 0 Å². The van der Waals surface area contributed by atoms with Crippen LogP contribution < -0.4 is 0 Å². The molecule has 27 heavy (non-hydrogen) atoms. The van der Waals surface area contributed by atoms with Crippen LogP contribution in [0.3, 0.4) is 0 Å². The first-order chi connectivity index (χ1) is 12.8. The average Bonchev–Trinajstić information content (AvgIpc) is 3.27. The first-order valence-electron chi connectivity index (χ1n) is 7.65. The van der Waals surface area contributed by atoms with Crippen LogP contribution in [0.1, 0.15) is 16.2 Å². The molecule has 0 unspecified atom stereocenters. The molecule has 0 radical (unpaired) electrons. The Morgan fingerprint density at radius 2 is 1.89 bits per heavy atom. The van der Waals surface area contributed by atoms with Crippen LogP contribution in [0.15, 0.2) is 59.3 Å². The number of hydrogen-bond donors (Lipinski definition) is 0. The molecule has 0 fully saturated rings. The van der Waals surface area contributed by atoms with Gasteiger partial charge in [0.2, 0.25) is 5.82 Å². The Hall–Kier alpha value is -3.49. The lowest BCUT2D eigenvalue weighted by atomic mass is 10.1. The molecule has 0 amide bonds. The van der Waals surface area contributed by atoms with Crippen molar-refractivity contribution in [2.24, 2.45) is 0 Å². The van der Waals surface area contributed by atoms with E-state index in [0.717, 1.165) is 6.07 Å². The molecule has 0 aliphatic heterocycles. The molecule has 0 aliphatic carbocycles. The lowest BCUT2D eigenvalue weighted by Gasteiger charge is -2.05. The van der Waals surface area contributed by atoms with Gasteiger partial charge in [0.25, 0.3) is 5.91 Å². The number of aromatic nitrogens is 3. The highest BCUT2D eigenvalue weighted by molar-refractivity contribution is 6.02. The fraction of sp³-hybridized carbons (Fsp3) is 0.0556. The summed E-state index contributed by atoms with van der Waals surface area (Å²) >= 11 is 0. The van der Waals surface area contributed by atoms with E-state index in [1.807, 2.05) is 0 Å². The summed E-state index contributed by atoms with van der Waals surface area (Å²) in [5.41, 5.74) is 0.981. The fourth-order valence-electron chi connectivity index (χ4n) is 2.68. The quantitative estimate of drug-likeness (QED) is 0.483. The molecule has 0 atom stereocenters. The van der Waals surface area contributed by atoms with Gasteiger partial charge in [-0.3, -0.25) is 9.36 Å². The van der Waals surface area contributed by atoms with E-state index in [0.29, 0.717) is 16.5 Å². The number of hydrogen-bond acceptors (Lipinski definition) is 4. The molecule has 0 saturated carbocycles. The van der Waals surface area contributed by atoms with E-state index in [4.69, 9.17) is 0 Å². The van der Waals surface area contributed by atoms with E-state index in [1.54, 1.807) is 12.1 Å². The molecule has 4 aromatic rings. The maximum Gasteiger partial charge on any atom is 0.471 e. The maximum atomic E-state index is 13.3. The van der Waals surface area contributed by atoms with Gasteiger partial charge in [-0.15, -0.1) is 0 Å². The van der Waals surface area contributed by atoms with Gasteiger partial charge in [0.1, 0.15) is 5.82 Å². The number of rotatable bonds is 2. The number of fused-ring (bicyclic) bond motifs is 1. The highest BCUT2D eigenvalue weighted by Crippen LogP contribution is 2.30. The molecule has 0 saturated heterocycles. The van der Waals surface area contributed by atoms with Gasteiger partial charge in [-0.1, -0.05) is 11.2 Å². The van der Waals surface area contributed by atoms with Crippen LogP contribution in [-0.2, 0) is 6.18 Å². The predicted octanol–water partition coefficient (Wildman–Crippen LogP) is 4.54. The zero-order valence-electron chi connectivity index (χ0n) is 13.4. The lowest BCUT2D eigenvalue weighted by molar-refractivity contribution is -0.159. The maximum absolute atomic E-state index is 13.3. The van der Waals surface area contributed by atoms with Crippen molar-refractivity contribution in [2.45, 2.75) is 6.18 Å². The second-order valence-corrected chi connectivity index (χ2v) is 5.70. The highest BCUT2D eigenvalue weighted by Gasteiger charge is 2.38. The number of carbonyl (C=O) groups is 1. The van der Waals surface area contributed by atoms with Crippen molar-refractivity contribution in [2.75, 3.05) is 0 Å². The Balaban J connectivity index is 1.72. The zero-order valence-corrected chi connectivity index (χ0v) is 13.4. The van der Waals surface area contributed by atoms with Crippen molar-refractivity contribution < 1.29 is 26.9 Å². The molecule has 2 aromatic carbocycles. The third-order valence-corrected chi connectivity index (χ3v) is 3.91. The van der Waals surface area contributed by atoms with E-state index in [9.17, 15) is 22.4 Å². The molecule has 0 spiro atoms. The largest absolute Gasteiger partial charge is 0.471 e. The first kappa shape index (κ1) is 17.0. The second kappa shape index (κ2) is 6.04. The molecule has 0 aliphatic rings. The molecule has 2 aromatic heterocycles. The monoisotopic (exact) mass is 375 g/mol. The molecular formula is C18H9F4N3O2. The summed E-state index contributed by atoms with van der Waals surface area (Å²) in [6.45, 7) is 0. The summed E-state index contributed by atoms with van der Waals surface area (Å²) in [5.74, 6) is -2.61. The van der Waals surface area contributed by atoms with Gasteiger partial charge < -0.3 is 4.52 Å². The Morgan fingerprint density at radius 3 is 2.59 bits per heavy atom. The number of nitrogens with zero attached hydrogens (tertiary/aromatic N) is 3. The minimum absolute atomic E-state index is 0.171. The number of halogens is 4. The summed E-state index contributed by atoms with van der Waals surface area (Å²) in [7, 11) is 0. The van der Waals surface area contributed by atoms with Crippen LogP contribution in [0.2, 0.25) is 0 Å². The number of benzene rings is 2. The summed E-state index contributed by atoms with van der Waals surface area (Å²) in [6, 6.07) is 11.5. The van der Waals surface area contributed by atoms with Crippen molar-refractivity contribution in [1.82, 2.24) is 14.7 Å². The molecule has 4 rings (SSSR count). The fourth-order valence-corrected chi connectivity index (χ4v) is 2.68. The third kappa shape index (κ3) is 3.07. The first-order valence-corrected chi connectivity index (χ1v) is 7.65. The minimum atomic E-state index is -4.73. The molecule has 9 heteroatoms. The summed E-state index contributed by atoms with van der Waals surface area (Å²) < 4.78 is 56.7. The van der Waals surface area contributed by atoms with Gasteiger partial charge in [0.15, 0.2) is 0 Å². The van der Waals surface area contributed by atoms with Gasteiger partial charge in [0.05, 0.1) is 5.52 Å². The lowest BCUT2D eigenvalue weighted by Crippen LogP contribution is -2.10. The Morgan fingerprint density at radius 1 is 1.07 bits per heavy atom. The second-order valence-electron chi connectivity index (χ2n) is 5.70. The van der Waals surface area contributed by atoms with Gasteiger partial charge >= 0.3 is 12.1 Å². The number of carbonyl (C=O) groups excluding carboxylic acids is 1. The molecule has 5 nitrogen and oxygen atoms in total. The van der Waals surface area contributed by atoms with Crippen LogP contribution in [0.4, 0.5) is 17.6 Å². The van der Waals surface area contributed by atoms with Crippen molar-refractivity contribution in [3.8, 4) is 11.4 Å². The van der Waals surface area contributed by atoms with Crippen molar-refractivity contribution in [3.63, 3.8) is 0 Å². The van der Waals surface area contributed by atoms with Crippen molar-refractivity contribution in [1.29, 1.82) is 0 Å². The number of alkyl halides is 3. The Labute approximate surface area is 148 Å². The minimum Gasteiger partial charge on any atom is -0.329 e. The molecule has 2 heterocycles. The Kier molecular flexibility index (Phi) is 3.79. The summed E-state index contributed by atoms with van der Waals surface area (Å²) in [4.78, 5) is 15.9. The van der Waals surface area contributed by atoms with Gasteiger partial charge in [0, 0.05) is 22.7 Å². The van der Waals surface area contributed by atoms with Gasteiger partial charge in [-0.05, 0) is 42.5 Å². The van der Waals surface area contributed by atoms with Crippen LogP contribution >= 0.6 is 0 Å². The van der Waals surface area contributed by atoms with Crippen LogP contribution in [0.5, 0.6) is 0 Å². The standard InChI is InChI=1S/C18H9F4N3O2/c19-13-3-1-2-12(9-13)16(26)25-7-6-10-8-11(4-5-14(10)25)15-23-17(27-24-15)18(20,21)22/h1-9H. The third-order valence-electron chi connectivity index (χ3n) is 3.91. The van der Waals surface area contributed by atoms with Gasteiger partial charge in [-0.2, -0.15) is 18.2 Å². The molecular weight excluding hydrogens is 366 g/mol. The van der Waals surface area contributed by atoms with E-state index in [2.05, 4.69) is 14.7 Å². The van der Waals surface area contributed by atoms with E-state index in [-0.39, 0.29) is 11.4 Å². The topological polar surface area (TPSA) is 60.9 Å². The Bertz CT molecular complexity index is 1160. The summed E-state index contributed by atoms with van der Waals surface area (Å²) in [5, 5.41) is 3.92. The van der Waals surface area contributed by atoms with Crippen molar-refractivity contribution >= 4 is 16.8 Å². The zero-order chi connectivity index (χ0) is 19.2. The summed E-state index contributed by atoms with van der Waals surface area (Å²) in [6.07, 6.45) is -3.23. The molecule has 0 N–H and O–H groups in total. The molecule has 0 bridgehead atoms. The van der Waals surface area contributed by atoms with Crippen molar-refractivity contribution in [3.05, 3.63) is 72.0 Å². The smallest absolute Gasteiger partial charge is 0.329 e. The van der Waals surface area contributed by atoms with Crippen LogP contribution in [-0.4, -0.2) is 20.6 Å². The van der Waals surface area contributed by atoms with Gasteiger partial charge in [-0.25, -0.2) is 4.39 Å². The van der Waals surface area contributed by atoms with E-state index in [1.165, 1.54) is 41.1 Å². The normalized spacial score (nSPS) is 11.9. The SMILES string of the molecule is O=C(c1cccc(F)c1)n1ccc2cc(-c3noc(C(F)(F)F)n3)ccc21.